The molecule has 0 aliphatic carbocycles. The van der Waals surface area contributed by atoms with Gasteiger partial charge in [0.05, 0.1) is 6.61 Å². The molecule has 0 fully saturated rings. The molecule has 1 aromatic heterocycles. The molecule has 0 saturated heterocycles. The Bertz CT molecular complexity index is 555. The van der Waals surface area contributed by atoms with Crippen LogP contribution < -0.4 is 0 Å². The summed E-state index contributed by atoms with van der Waals surface area (Å²) in [6.45, 7) is 6.26. The Morgan fingerprint density at radius 1 is 1.28 bits per heavy atom. The molecule has 1 heterocycles. The van der Waals surface area contributed by atoms with E-state index in [0.717, 1.165) is 10.6 Å². The Labute approximate surface area is 110 Å². The zero-order valence-electron chi connectivity index (χ0n) is 10.7. The third kappa shape index (κ3) is 2.76. The molecule has 1 aromatic carbocycles. The van der Waals surface area contributed by atoms with Crippen LogP contribution in [-0.2, 0) is 4.74 Å². The highest BCUT2D eigenvalue weighted by molar-refractivity contribution is 7.13. The van der Waals surface area contributed by atoms with Crippen molar-refractivity contribution in [2.45, 2.75) is 20.8 Å². The zero-order valence-corrected chi connectivity index (χ0v) is 11.5. The number of esters is 1. The Hall–Kier alpha value is -1.68. The Morgan fingerprint density at radius 2 is 1.94 bits per heavy atom. The molecule has 3 nitrogen and oxygen atoms in total. The number of aryl methyl sites for hydroxylation is 2. The summed E-state index contributed by atoms with van der Waals surface area (Å²) in [4.78, 5) is 15.9. The summed E-state index contributed by atoms with van der Waals surface area (Å²) in [5.74, 6) is -0.357. The van der Waals surface area contributed by atoms with Crippen molar-refractivity contribution in [1.82, 2.24) is 4.98 Å². The van der Waals surface area contributed by atoms with E-state index in [1.54, 1.807) is 12.3 Å². The van der Waals surface area contributed by atoms with Gasteiger partial charge in [0.1, 0.15) is 5.01 Å². The molecule has 2 rings (SSSR count). The van der Waals surface area contributed by atoms with E-state index in [1.807, 2.05) is 0 Å². The van der Waals surface area contributed by atoms with Gasteiger partial charge in [-0.15, -0.1) is 11.3 Å². The predicted molar refractivity (Wildman–Crippen MR) is 73.0 cm³/mol. The Balaban J connectivity index is 2.32. The van der Waals surface area contributed by atoms with Crippen LogP contribution in [0, 0.1) is 13.8 Å². The summed E-state index contributed by atoms with van der Waals surface area (Å²) in [6.07, 6.45) is 0. The molecule has 0 amide bonds. The monoisotopic (exact) mass is 261 g/mol. The number of aromatic nitrogens is 1. The lowest BCUT2D eigenvalue weighted by molar-refractivity contribution is 0.0520. The highest BCUT2D eigenvalue weighted by Crippen LogP contribution is 2.26. The van der Waals surface area contributed by atoms with Gasteiger partial charge in [0.2, 0.25) is 0 Å². The van der Waals surface area contributed by atoms with Crippen molar-refractivity contribution in [2.75, 3.05) is 6.61 Å². The number of hydrogen-bond donors (Lipinski definition) is 0. The van der Waals surface area contributed by atoms with E-state index in [-0.39, 0.29) is 5.97 Å². The van der Waals surface area contributed by atoms with Gasteiger partial charge >= 0.3 is 5.97 Å². The molecule has 4 heteroatoms. The van der Waals surface area contributed by atoms with Crippen molar-refractivity contribution < 1.29 is 9.53 Å². The second kappa shape index (κ2) is 5.31. The fraction of sp³-hybridized carbons (Fsp3) is 0.286. The van der Waals surface area contributed by atoms with E-state index in [9.17, 15) is 4.79 Å². The van der Waals surface area contributed by atoms with Crippen LogP contribution in [0.3, 0.4) is 0 Å². The lowest BCUT2D eigenvalue weighted by Crippen LogP contribution is -2.04. The molecule has 0 aliphatic rings. The molecule has 94 valence electrons. The summed E-state index contributed by atoms with van der Waals surface area (Å²) in [7, 11) is 0. The van der Waals surface area contributed by atoms with Crippen LogP contribution in [0.5, 0.6) is 0 Å². The van der Waals surface area contributed by atoms with Crippen LogP contribution in [0.1, 0.15) is 28.5 Å². The molecule has 0 radical (unpaired) electrons. The smallest absolute Gasteiger partial charge is 0.357 e. The molecule has 0 N–H and O–H groups in total. The van der Waals surface area contributed by atoms with Gasteiger partial charge in [0, 0.05) is 10.9 Å². The maximum atomic E-state index is 11.5. The second-order valence-corrected chi connectivity index (χ2v) is 4.99. The summed E-state index contributed by atoms with van der Waals surface area (Å²) in [5, 5.41) is 2.59. The topological polar surface area (TPSA) is 39.2 Å². The van der Waals surface area contributed by atoms with Crippen LogP contribution in [0.2, 0.25) is 0 Å². The number of thiazole rings is 1. The molecular weight excluding hydrogens is 246 g/mol. The first-order valence-electron chi connectivity index (χ1n) is 5.81. The van der Waals surface area contributed by atoms with Gasteiger partial charge in [-0.05, 0) is 32.9 Å². The van der Waals surface area contributed by atoms with Gasteiger partial charge in [-0.3, -0.25) is 0 Å². The van der Waals surface area contributed by atoms with E-state index in [0.29, 0.717) is 12.3 Å². The number of ether oxygens (including phenoxy) is 1. The number of hydrogen-bond acceptors (Lipinski definition) is 4. The molecule has 2 aromatic rings. The largest absolute Gasteiger partial charge is 0.461 e. The van der Waals surface area contributed by atoms with Crippen molar-refractivity contribution in [2.24, 2.45) is 0 Å². The van der Waals surface area contributed by atoms with Crippen LogP contribution in [-0.4, -0.2) is 17.6 Å². The third-order valence-electron chi connectivity index (χ3n) is 2.46. The zero-order chi connectivity index (χ0) is 13.1. The summed E-state index contributed by atoms with van der Waals surface area (Å²) in [6, 6.07) is 6.25. The van der Waals surface area contributed by atoms with Gasteiger partial charge in [0.25, 0.3) is 0 Å². The predicted octanol–water partition coefficient (Wildman–Crippen LogP) is 3.60. The normalized spacial score (nSPS) is 10.4. The van der Waals surface area contributed by atoms with Crippen LogP contribution in [0.25, 0.3) is 10.6 Å². The van der Waals surface area contributed by atoms with Crippen molar-refractivity contribution in [3.8, 4) is 10.6 Å². The van der Waals surface area contributed by atoms with Crippen molar-refractivity contribution in [3.63, 3.8) is 0 Å². The first kappa shape index (κ1) is 12.8. The number of nitrogens with zero attached hydrogens (tertiary/aromatic N) is 1. The fourth-order valence-corrected chi connectivity index (χ4v) is 2.58. The highest BCUT2D eigenvalue weighted by Gasteiger charge is 2.12. The Kier molecular flexibility index (Phi) is 3.77. The molecule has 18 heavy (non-hydrogen) atoms. The number of rotatable bonds is 3. The maximum Gasteiger partial charge on any atom is 0.357 e. The average molecular weight is 261 g/mol. The van der Waals surface area contributed by atoms with E-state index < -0.39 is 0 Å². The van der Waals surface area contributed by atoms with Crippen molar-refractivity contribution in [1.29, 1.82) is 0 Å². The van der Waals surface area contributed by atoms with E-state index in [1.165, 1.54) is 22.5 Å². The van der Waals surface area contributed by atoms with E-state index >= 15 is 0 Å². The van der Waals surface area contributed by atoms with Crippen LogP contribution in [0.15, 0.2) is 23.6 Å². The molecule has 0 atom stereocenters. The minimum absolute atomic E-state index is 0.357. The quantitative estimate of drug-likeness (QED) is 0.792. The van der Waals surface area contributed by atoms with E-state index in [2.05, 4.69) is 37.0 Å². The van der Waals surface area contributed by atoms with Crippen molar-refractivity contribution in [3.05, 3.63) is 40.4 Å². The summed E-state index contributed by atoms with van der Waals surface area (Å²) < 4.78 is 4.93. The number of benzene rings is 1. The summed E-state index contributed by atoms with van der Waals surface area (Å²) >= 11 is 1.46. The first-order chi connectivity index (χ1) is 8.60. The lowest BCUT2D eigenvalue weighted by atomic mass is 10.1. The maximum absolute atomic E-state index is 11.5. The standard InChI is InChI=1S/C14H15NO2S/c1-4-17-14(16)12-8-18-13(15-12)11-6-9(2)5-10(3)7-11/h5-8H,4H2,1-3H3. The van der Waals surface area contributed by atoms with Gasteiger partial charge in [-0.2, -0.15) is 0 Å². The molecule has 0 bridgehead atoms. The second-order valence-electron chi connectivity index (χ2n) is 4.13. The highest BCUT2D eigenvalue weighted by atomic mass is 32.1. The minimum Gasteiger partial charge on any atom is -0.461 e. The van der Waals surface area contributed by atoms with Crippen molar-refractivity contribution >= 4 is 17.3 Å². The van der Waals surface area contributed by atoms with Crippen LogP contribution >= 0.6 is 11.3 Å². The number of carbonyl (C=O) groups is 1. The summed E-state index contributed by atoms with van der Waals surface area (Å²) in [5.41, 5.74) is 3.82. The molecule has 0 saturated carbocycles. The Morgan fingerprint density at radius 3 is 2.56 bits per heavy atom. The van der Waals surface area contributed by atoms with Gasteiger partial charge < -0.3 is 4.74 Å². The van der Waals surface area contributed by atoms with Gasteiger partial charge in [-0.1, -0.05) is 17.2 Å². The SMILES string of the molecule is CCOC(=O)c1csc(-c2cc(C)cc(C)c2)n1. The molecular formula is C14H15NO2S. The fourth-order valence-electron chi connectivity index (χ4n) is 1.80. The third-order valence-corrected chi connectivity index (χ3v) is 3.35. The minimum atomic E-state index is -0.357. The van der Waals surface area contributed by atoms with E-state index in [4.69, 9.17) is 4.74 Å². The van der Waals surface area contributed by atoms with Gasteiger partial charge in [-0.25, -0.2) is 9.78 Å². The molecule has 0 unspecified atom stereocenters. The lowest BCUT2D eigenvalue weighted by Gasteiger charge is -2.01. The first-order valence-corrected chi connectivity index (χ1v) is 6.69. The average Bonchev–Trinajstić information content (AvgIpc) is 2.77. The van der Waals surface area contributed by atoms with Crippen LogP contribution in [0.4, 0.5) is 0 Å². The molecule has 0 spiro atoms. The number of carbonyl (C=O) groups excluding carboxylic acids is 1. The molecule has 0 aliphatic heterocycles. The van der Waals surface area contributed by atoms with Gasteiger partial charge in [0.15, 0.2) is 5.69 Å².